The maximum Gasteiger partial charge on any atom is 0.169 e. The van der Waals surface area contributed by atoms with Crippen molar-refractivity contribution in [3.63, 3.8) is 0 Å². The molecule has 3 aromatic rings. The lowest BCUT2D eigenvalue weighted by Crippen LogP contribution is -2.04. The van der Waals surface area contributed by atoms with E-state index in [0.717, 1.165) is 21.2 Å². The number of methoxy groups -OCH3 is 1. The van der Waals surface area contributed by atoms with Gasteiger partial charge in [0.05, 0.1) is 7.11 Å². The fourth-order valence-corrected chi connectivity index (χ4v) is 2.66. The Bertz CT molecular complexity index is 811. The standard InChI is InChI=1S/C16H13BrN2O2/c1-21-15-5-3-2-4-10(15)6-14(20)13-9-19-16-12(13)7-11(17)8-18-16/h2-5,7-9H,6H2,1H3,(H,18,19). The van der Waals surface area contributed by atoms with Crippen LogP contribution >= 0.6 is 15.9 Å². The number of carbonyl (C=O) groups is 1. The van der Waals surface area contributed by atoms with Crippen LogP contribution in [-0.4, -0.2) is 22.9 Å². The highest BCUT2D eigenvalue weighted by atomic mass is 79.9. The van der Waals surface area contributed by atoms with Crippen LogP contribution in [0, 0.1) is 0 Å². The molecule has 2 aromatic heterocycles. The average Bonchev–Trinajstić information content (AvgIpc) is 2.90. The topological polar surface area (TPSA) is 55.0 Å². The number of hydrogen-bond donors (Lipinski definition) is 1. The molecule has 106 valence electrons. The molecule has 0 unspecified atom stereocenters. The van der Waals surface area contributed by atoms with E-state index in [2.05, 4.69) is 25.9 Å². The Labute approximate surface area is 130 Å². The number of aromatic nitrogens is 2. The van der Waals surface area contributed by atoms with E-state index in [4.69, 9.17) is 4.74 Å². The number of fused-ring (bicyclic) bond motifs is 1. The zero-order chi connectivity index (χ0) is 14.8. The number of pyridine rings is 1. The van der Waals surface area contributed by atoms with Crippen molar-refractivity contribution in [2.75, 3.05) is 7.11 Å². The number of nitrogens with zero attached hydrogens (tertiary/aromatic N) is 1. The smallest absolute Gasteiger partial charge is 0.169 e. The molecule has 0 radical (unpaired) electrons. The number of aromatic amines is 1. The molecular weight excluding hydrogens is 332 g/mol. The molecule has 0 aliphatic carbocycles. The molecule has 0 amide bonds. The molecule has 2 heterocycles. The Balaban J connectivity index is 1.96. The number of rotatable bonds is 4. The minimum atomic E-state index is 0.0330. The summed E-state index contributed by atoms with van der Waals surface area (Å²) in [6, 6.07) is 9.45. The van der Waals surface area contributed by atoms with Crippen LogP contribution < -0.4 is 4.74 Å². The highest BCUT2D eigenvalue weighted by Crippen LogP contribution is 2.24. The molecule has 1 aromatic carbocycles. The molecule has 0 bridgehead atoms. The summed E-state index contributed by atoms with van der Waals surface area (Å²) in [5.41, 5.74) is 2.23. The van der Waals surface area contributed by atoms with Crippen molar-refractivity contribution < 1.29 is 9.53 Å². The van der Waals surface area contributed by atoms with Crippen molar-refractivity contribution in [3.8, 4) is 5.75 Å². The maximum absolute atomic E-state index is 12.5. The quantitative estimate of drug-likeness (QED) is 0.733. The van der Waals surface area contributed by atoms with E-state index in [0.29, 0.717) is 17.6 Å². The van der Waals surface area contributed by atoms with E-state index in [1.54, 1.807) is 19.5 Å². The van der Waals surface area contributed by atoms with Crippen LogP contribution in [0.1, 0.15) is 15.9 Å². The largest absolute Gasteiger partial charge is 0.496 e. The molecule has 21 heavy (non-hydrogen) atoms. The van der Waals surface area contributed by atoms with Crippen LogP contribution in [0.2, 0.25) is 0 Å². The summed E-state index contributed by atoms with van der Waals surface area (Å²) in [6.07, 6.45) is 3.71. The minimum Gasteiger partial charge on any atom is -0.496 e. The molecule has 4 nitrogen and oxygen atoms in total. The van der Waals surface area contributed by atoms with E-state index in [-0.39, 0.29) is 5.78 Å². The third-order valence-corrected chi connectivity index (χ3v) is 3.78. The van der Waals surface area contributed by atoms with Gasteiger partial charge < -0.3 is 9.72 Å². The molecule has 3 rings (SSSR count). The summed E-state index contributed by atoms with van der Waals surface area (Å²) in [4.78, 5) is 19.8. The third-order valence-electron chi connectivity index (χ3n) is 3.34. The molecule has 1 N–H and O–H groups in total. The zero-order valence-electron chi connectivity index (χ0n) is 11.4. The van der Waals surface area contributed by atoms with Crippen molar-refractivity contribution in [1.29, 1.82) is 0 Å². The number of ether oxygens (including phenoxy) is 1. The Morgan fingerprint density at radius 1 is 1.38 bits per heavy atom. The monoisotopic (exact) mass is 344 g/mol. The van der Waals surface area contributed by atoms with Crippen molar-refractivity contribution in [2.45, 2.75) is 6.42 Å². The summed E-state index contributed by atoms with van der Waals surface area (Å²) in [6.45, 7) is 0. The lowest BCUT2D eigenvalue weighted by Gasteiger charge is -2.07. The van der Waals surface area contributed by atoms with Gasteiger partial charge in [0.2, 0.25) is 0 Å². The maximum atomic E-state index is 12.5. The van der Waals surface area contributed by atoms with Crippen LogP contribution in [-0.2, 0) is 6.42 Å². The van der Waals surface area contributed by atoms with Crippen LogP contribution in [0.15, 0.2) is 47.2 Å². The predicted molar refractivity (Wildman–Crippen MR) is 84.8 cm³/mol. The molecule has 0 aliphatic heterocycles. The van der Waals surface area contributed by atoms with Gasteiger partial charge in [-0.15, -0.1) is 0 Å². The minimum absolute atomic E-state index is 0.0330. The lowest BCUT2D eigenvalue weighted by molar-refractivity contribution is 0.0993. The average molecular weight is 345 g/mol. The highest BCUT2D eigenvalue weighted by molar-refractivity contribution is 9.10. The summed E-state index contributed by atoms with van der Waals surface area (Å²) in [5.74, 6) is 0.760. The van der Waals surface area contributed by atoms with Crippen LogP contribution in [0.5, 0.6) is 5.75 Å². The lowest BCUT2D eigenvalue weighted by atomic mass is 10.0. The van der Waals surface area contributed by atoms with E-state index < -0.39 is 0 Å². The second kappa shape index (κ2) is 5.69. The molecule has 0 saturated carbocycles. The molecule has 5 heteroatoms. The van der Waals surface area contributed by atoms with Crippen molar-refractivity contribution in [3.05, 3.63) is 58.3 Å². The number of halogens is 1. The predicted octanol–water partition coefficient (Wildman–Crippen LogP) is 3.76. The van der Waals surface area contributed by atoms with Gasteiger partial charge in [-0.2, -0.15) is 0 Å². The second-order valence-electron chi connectivity index (χ2n) is 4.66. The van der Waals surface area contributed by atoms with Crippen molar-refractivity contribution in [1.82, 2.24) is 9.97 Å². The number of hydrogen-bond acceptors (Lipinski definition) is 3. The normalized spacial score (nSPS) is 10.8. The Morgan fingerprint density at radius 2 is 2.19 bits per heavy atom. The summed E-state index contributed by atoms with van der Waals surface area (Å²) >= 11 is 3.38. The number of para-hydroxylation sites is 1. The van der Waals surface area contributed by atoms with E-state index in [9.17, 15) is 4.79 Å². The Hall–Kier alpha value is -2.14. The van der Waals surface area contributed by atoms with Gasteiger partial charge in [0.15, 0.2) is 5.78 Å². The van der Waals surface area contributed by atoms with Gasteiger partial charge in [0, 0.05) is 39.8 Å². The summed E-state index contributed by atoms with van der Waals surface area (Å²) in [7, 11) is 1.61. The van der Waals surface area contributed by atoms with Gasteiger partial charge in [0.1, 0.15) is 11.4 Å². The molecule has 0 atom stereocenters. The van der Waals surface area contributed by atoms with Crippen LogP contribution in [0.3, 0.4) is 0 Å². The van der Waals surface area contributed by atoms with Gasteiger partial charge in [0.25, 0.3) is 0 Å². The van der Waals surface area contributed by atoms with Gasteiger partial charge in [-0.1, -0.05) is 18.2 Å². The zero-order valence-corrected chi connectivity index (χ0v) is 13.0. The highest BCUT2D eigenvalue weighted by Gasteiger charge is 2.15. The molecule has 0 saturated heterocycles. The van der Waals surface area contributed by atoms with Crippen molar-refractivity contribution in [2.24, 2.45) is 0 Å². The first-order valence-corrected chi connectivity index (χ1v) is 7.26. The van der Waals surface area contributed by atoms with Crippen molar-refractivity contribution >= 4 is 32.7 Å². The first-order chi connectivity index (χ1) is 10.2. The Kier molecular flexibility index (Phi) is 3.75. The van der Waals surface area contributed by atoms with E-state index in [1.807, 2.05) is 30.3 Å². The number of benzene rings is 1. The van der Waals surface area contributed by atoms with Crippen LogP contribution in [0.25, 0.3) is 11.0 Å². The summed E-state index contributed by atoms with van der Waals surface area (Å²) in [5, 5.41) is 0.823. The second-order valence-corrected chi connectivity index (χ2v) is 5.58. The fraction of sp³-hybridized carbons (Fsp3) is 0.125. The van der Waals surface area contributed by atoms with Gasteiger partial charge in [-0.25, -0.2) is 4.98 Å². The molecule has 0 aliphatic rings. The number of H-pyrrole nitrogens is 1. The SMILES string of the molecule is COc1ccccc1CC(=O)c1c[nH]c2ncc(Br)cc12. The van der Waals surface area contributed by atoms with Gasteiger partial charge in [-0.05, 0) is 28.1 Å². The summed E-state index contributed by atoms with van der Waals surface area (Å²) < 4.78 is 6.14. The molecule has 0 fully saturated rings. The van der Waals surface area contributed by atoms with Crippen LogP contribution in [0.4, 0.5) is 0 Å². The van der Waals surface area contributed by atoms with E-state index >= 15 is 0 Å². The number of carbonyl (C=O) groups excluding carboxylic acids is 1. The first kappa shape index (κ1) is 13.8. The number of Topliss-reactive ketones (excluding diaryl/α,β-unsaturated/α-hetero) is 1. The number of nitrogens with one attached hydrogen (secondary N) is 1. The van der Waals surface area contributed by atoms with Gasteiger partial charge in [-0.3, -0.25) is 4.79 Å². The first-order valence-electron chi connectivity index (χ1n) is 6.47. The van der Waals surface area contributed by atoms with Gasteiger partial charge >= 0.3 is 0 Å². The Morgan fingerprint density at radius 3 is 3.00 bits per heavy atom. The fourth-order valence-electron chi connectivity index (χ4n) is 2.33. The molecule has 0 spiro atoms. The third kappa shape index (κ3) is 2.69. The number of ketones is 1. The van der Waals surface area contributed by atoms with E-state index in [1.165, 1.54) is 0 Å². The molecular formula is C16H13BrN2O2.